The van der Waals surface area contributed by atoms with Crippen LogP contribution in [0.3, 0.4) is 0 Å². The first-order valence-corrected chi connectivity index (χ1v) is 6.27. The van der Waals surface area contributed by atoms with Crippen molar-refractivity contribution >= 4 is 10.8 Å². The Labute approximate surface area is 102 Å². The molecule has 0 amide bonds. The fourth-order valence-corrected chi connectivity index (χ4v) is 2.68. The van der Waals surface area contributed by atoms with Crippen molar-refractivity contribution in [2.24, 2.45) is 5.73 Å². The first-order valence-electron chi connectivity index (χ1n) is 6.27. The zero-order chi connectivity index (χ0) is 11.7. The molecular weight excluding hydrogens is 208 g/mol. The van der Waals surface area contributed by atoms with Crippen LogP contribution in [-0.4, -0.2) is 24.0 Å². The van der Waals surface area contributed by atoms with E-state index in [-0.39, 0.29) is 0 Å². The van der Waals surface area contributed by atoms with Gasteiger partial charge in [0.1, 0.15) is 0 Å². The van der Waals surface area contributed by atoms with E-state index in [1.165, 1.54) is 16.3 Å². The van der Waals surface area contributed by atoms with Gasteiger partial charge in [-0.3, -0.25) is 4.90 Å². The third-order valence-corrected chi connectivity index (χ3v) is 3.58. The topological polar surface area (TPSA) is 29.3 Å². The molecule has 1 atom stereocenters. The summed E-state index contributed by atoms with van der Waals surface area (Å²) in [5.74, 6) is 0. The van der Waals surface area contributed by atoms with Crippen LogP contribution in [0.2, 0.25) is 0 Å². The van der Waals surface area contributed by atoms with E-state index >= 15 is 0 Å². The second kappa shape index (κ2) is 4.47. The summed E-state index contributed by atoms with van der Waals surface area (Å²) in [5, 5.41) is 2.70. The number of nitrogens with two attached hydrogens (primary N) is 1. The summed E-state index contributed by atoms with van der Waals surface area (Å²) in [5.41, 5.74) is 7.36. The maximum atomic E-state index is 5.95. The zero-order valence-electron chi connectivity index (χ0n) is 9.97. The van der Waals surface area contributed by atoms with Crippen LogP contribution in [-0.2, 0) is 6.54 Å². The Morgan fingerprint density at radius 1 is 1.12 bits per heavy atom. The van der Waals surface area contributed by atoms with Crippen LogP contribution in [0.25, 0.3) is 10.8 Å². The van der Waals surface area contributed by atoms with Crippen molar-refractivity contribution in [1.82, 2.24) is 4.90 Å². The Morgan fingerprint density at radius 2 is 1.94 bits per heavy atom. The predicted molar refractivity (Wildman–Crippen MR) is 71.8 cm³/mol. The van der Waals surface area contributed by atoms with Crippen LogP contribution in [0, 0.1) is 0 Å². The minimum absolute atomic E-state index is 0.366. The van der Waals surface area contributed by atoms with Crippen LogP contribution in [0.15, 0.2) is 42.5 Å². The van der Waals surface area contributed by atoms with Gasteiger partial charge >= 0.3 is 0 Å². The highest BCUT2D eigenvalue weighted by atomic mass is 15.2. The van der Waals surface area contributed by atoms with Crippen molar-refractivity contribution in [2.45, 2.75) is 19.0 Å². The van der Waals surface area contributed by atoms with Crippen molar-refractivity contribution in [3.05, 3.63) is 48.0 Å². The lowest BCUT2D eigenvalue weighted by Crippen LogP contribution is -2.26. The minimum Gasteiger partial charge on any atom is -0.326 e. The average molecular weight is 226 g/mol. The summed E-state index contributed by atoms with van der Waals surface area (Å²) in [7, 11) is 0. The predicted octanol–water partition coefficient (Wildman–Crippen LogP) is 2.37. The molecule has 2 nitrogen and oxygen atoms in total. The van der Waals surface area contributed by atoms with Gasteiger partial charge in [-0.25, -0.2) is 0 Å². The van der Waals surface area contributed by atoms with E-state index in [0.717, 1.165) is 26.1 Å². The number of benzene rings is 2. The number of hydrogen-bond donors (Lipinski definition) is 1. The standard InChI is InChI=1S/C15H18N2/c16-14-8-9-17(11-14)10-13-6-3-5-12-4-1-2-7-15(12)13/h1-7,14H,8-11,16H2/t14-/m0/s1. The van der Waals surface area contributed by atoms with Crippen molar-refractivity contribution in [2.75, 3.05) is 13.1 Å². The van der Waals surface area contributed by atoms with E-state index in [4.69, 9.17) is 5.73 Å². The Bertz CT molecular complexity index is 516. The molecule has 1 aliphatic rings. The van der Waals surface area contributed by atoms with Gasteiger partial charge < -0.3 is 5.73 Å². The summed E-state index contributed by atoms with van der Waals surface area (Å²) < 4.78 is 0. The largest absolute Gasteiger partial charge is 0.326 e. The fraction of sp³-hybridized carbons (Fsp3) is 0.333. The molecule has 2 aromatic rings. The van der Waals surface area contributed by atoms with Gasteiger partial charge in [-0.05, 0) is 22.8 Å². The molecule has 0 bridgehead atoms. The molecule has 2 N–H and O–H groups in total. The van der Waals surface area contributed by atoms with Gasteiger partial charge in [-0.1, -0.05) is 42.5 Å². The fourth-order valence-electron chi connectivity index (χ4n) is 2.68. The summed E-state index contributed by atoms with van der Waals surface area (Å²) in [6.45, 7) is 3.18. The highest BCUT2D eigenvalue weighted by Gasteiger charge is 2.19. The maximum absolute atomic E-state index is 5.95. The number of nitrogens with zero attached hydrogens (tertiary/aromatic N) is 1. The second-order valence-corrected chi connectivity index (χ2v) is 4.92. The summed E-state index contributed by atoms with van der Waals surface area (Å²) in [6.07, 6.45) is 1.13. The lowest BCUT2D eigenvalue weighted by Gasteiger charge is -2.16. The van der Waals surface area contributed by atoms with Crippen LogP contribution >= 0.6 is 0 Å². The molecule has 1 heterocycles. The Morgan fingerprint density at radius 3 is 2.76 bits per heavy atom. The van der Waals surface area contributed by atoms with Gasteiger partial charge in [-0.2, -0.15) is 0 Å². The van der Waals surface area contributed by atoms with E-state index in [1.807, 2.05) is 0 Å². The third kappa shape index (κ3) is 2.19. The number of likely N-dealkylation sites (tertiary alicyclic amines) is 1. The molecule has 0 unspecified atom stereocenters. The molecule has 0 spiro atoms. The third-order valence-electron chi connectivity index (χ3n) is 3.58. The lowest BCUT2D eigenvalue weighted by molar-refractivity contribution is 0.328. The van der Waals surface area contributed by atoms with Crippen molar-refractivity contribution in [3.63, 3.8) is 0 Å². The Balaban J connectivity index is 1.90. The summed E-state index contributed by atoms with van der Waals surface area (Å²) in [6, 6.07) is 15.5. The van der Waals surface area contributed by atoms with Gasteiger partial charge in [0.05, 0.1) is 0 Å². The molecule has 0 aromatic heterocycles. The Hall–Kier alpha value is -1.38. The van der Waals surface area contributed by atoms with Crippen molar-refractivity contribution < 1.29 is 0 Å². The van der Waals surface area contributed by atoms with Crippen LogP contribution in [0.5, 0.6) is 0 Å². The smallest absolute Gasteiger partial charge is 0.0240 e. The molecule has 1 fully saturated rings. The minimum atomic E-state index is 0.366. The molecule has 88 valence electrons. The van der Waals surface area contributed by atoms with Gasteiger partial charge in [0.25, 0.3) is 0 Å². The molecule has 17 heavy (non-hydrogen) atoms. The Kier molecular flexibility index (Phi) is 2.83. The average Bonchev–Trinajstić information content (AvgIpc) is 2.75. The zero-order valence-corrected chi connectivity index (χ0v) is 9.97. The molecule has 0 aliphatic carbocycles. The lowest BCUT2D eigenvalue weighted by atomic mass is 10.0. The van der Waals surface area contributed by atoms with Crippen LogP contribution in [0.4, 0.5) is 0 Å². The molecular formula is C15H18N2. The number of rotatable bonds is 2. The van der Waals surface area contributed by atoms with Gasteiger partial charge in [0.15, 0.2) is 0 Å². The van der Waals surface area contributed by atoms with E-state index in [9.17, 15) is 0 Å². The van der Waals surface area contributed by atoms with E-state index in [1.54, 1.807) is 0 Å². The molecule has 3 rings (SSSR count). The maximum Gasteiger partial charge on any atom is 0.0240 e. The molecule has 0 saturated carbocycles. The highest BCUT2D eigenvalue weighted by Crippen LogP contribution is 2.21. The van der Waals surface area contributed by atoms with E-state index in [2.05, 4.69) is 47.4 Å². The van der Waals surface area contributed by atoms with Crippen LogP contribution < -0.4 is 5.73 Å². The molecule has 2 heteroatoms. The van der Waals surface area contributed by atoms with E-state index in [0.29, 0.717) is 6.04 Å². The normalized spacial score (nSPS) is 21.1. The van der Waals surface area contributed by atoms with E-state index < -0.39 is 0 Å². The highest BCUT2D eigenvalue weighted by molar-refractivity contribution is 5.85. The first-order chi connectivity index (χ1) is 8.33. The van der Waals surface area contributed by atoms with Gasteiger partial charge in [0, 0.05) is 25.7 Å². The summed E-state index contributed by atoms with van der Waals surface area (Å²) in [4.78, 5) is 2.45. The molecule has 2 aromatic carbocycles. The molecule has 0 radical (unpaired) electrons. The monoisotopic (exact) mass is 226 g/mol. The SMILES string of the molecule is N[C@H]1CCN(Cc2cccc3ccccc23)C1. The van der Waals surface area contributed by atoms with Gasteiger partial charge in [-0.15, -0.1) is 0 Å². The first kappa shape index (κ1) is 10.8. The number of hydrogen-bond acceptors (Lipinski definition) is 2. The quantitative estimate of drug-likeness (QED) is 0.852. The van der Waals surface area contributed by atoms with Crippen LogP contribution in [0.1, 0.15) is 12.0 Å². The number of fused-ring (bicyclic) bond motifs is 1. The second-order valence-electron chi connectivity index (χ2n) is 4.92. The van der Waals surface area contributed by atoms with Crippen molar-refractivity contribution in [3.8, 4) is 0 Å². The molecule has 1 saturated heterocycles. The van der Waals surface area contributed by atoms with Gasteiger partial charge in [0.2, 0.25) is 0 Å². The molecule has 1 aliphatic heterocycles. The van der Waals surface area contributed by atoms with Crippen molar-refractivity contribution in [1.29, 1.82) is 0 Å². The summed E-state index contributed by atoms with van der Waals surface area (Å²) >= 11 is 0.